The highest BCUT2D eigenvalue weighted by molar-refractivity contribution is 5.93. The number of ether oxygens (including phenoxy) is 1. The number of carbonyl (C=O) groups is 1. The summed E-state index contributed by atoms with van der Waals surface area (Å²) in [4.78, 5) is 14.2. The minimum atomic E-state index is 0.213. The van der Waals surface area contributed by atoms with Crippen molar-refractivity contribution in [1.29, 1.82) is 0 Å². The topological polar surface area (TPSA) is 41.6 Å². The Morgan fingerprint density at radius 3 is 2.70 bits per heavy atom. The second-order valence-electron chi connectivity index (χ2n) is 5.23. The summed E-state index contributed by atoms with van der Waals surface area (Å²) in [7, 11) is 1.65. The van der Waals surface area contributed by atoms with Crippen LogP contribution < -0.4 is 15.0 Å². The van der Waals surface area contributed by atoms with Crippen LogP contribution in [0.2, 0.25) is 0 Å². The molecule has 0 saturated carbocycles. The minimum absolute atomic E-state index is 0.213. The fourth-order valence-corrected chi connectivity index (χ4v) is 2.69. The summed E-state index contributed by atoms with van der Waals surface area (Å²) in [6.45, 7) is 4.87. The summed E-state index contributed by atoms with van der Waals surface area (Å²) in [6.07, 6.45) is 2.81. The Morgan fingerprint density at radius 2 is 2.15 bits per heavy atom. The third-order valence-electron chi connectivity index (χ3n) is 3.93. The van der Waals surface area contributed by atoms with E-state index < -0.39 is 0 Å². The molecule has 1 N–H and O–H groups in total. The Hall–Kier alpha value is -1.55. The second-order valence-corrected chi connectivity index (χ2v) is 5.23. The van der Waals surface area contributed by atoms with Gasteiger partial charge < -0.3 is 15.0 Å². The van der Waals surface area contributed by atoms with Gasteiger partial charge in [-0.3, -0.25) is 4.79 Å². The Kier molecular flexibility index (Phi) is 5.41. The molecule has 2 rings (SSSR count). The van der Waals surface area contributed by atoms with E-state index in [9.17, 15) is 4.79 Å². The second kappa shape index (κ2) is 7.29. The standard InChI is InChI=1S/C16H24N2O2/c1-3-18(14-5-7-15(20-2)8-6-14)16(19)9-4-13-10-11-17-12-13/h5-8,13,17H,3-4,9-12H2,1-2H3. The van der Waals surface area contributed by atoms with Crippen LogP contribution in [0.1, 0.15) is 26.2 Å². The van der Waals surface area contributed by atoms with E-state index in [0.717, 1.165) is 30.9 Å². The Morgan fingerprint density at radius 1 is 1.40 bits per heavy atom. The molecule has 1 atom stereocenters. The van der Waals surface area contributed by atoms with Crippen LogP contribution in [-0.2, 0) is 4.79 Å². The van der Waals surface area contributed by atoms with Crippen molar-refractivity contribution < 1.29 is 9.53 Å². The van der Waals surface area contributed by atoms with E-state index in [1.807, 2.05) is 36.1 Å². The molecule has 1 fully saturated rings. The predicted molar refractivity (Wildman–Crippen MR) is 81.2 cm³/mol. The van der Waals surface area contributed by atoms with Gasteiger partial charge in [0.2, 0.25) is 5.91 Å². The van der Waals surface area contributed by atoms with Crippen LogP contribution >= 0.6 is 0 Å². The van der Waals surface area contributed by atoms with E-state index >= 15 is 0 Å². The zero-order valence-electron chi connectivity index (χ0n) is 12.4. The average molecular weight is 276 g/mol. The highest BCUT2D eigenvalue weighted by Gasteiger charge is 2.19. The van der Waals surface area contributed by atoms with Crippen molar-refractivity contribution >= 4 is 11.6 Å². The summed E-state index contributed by atoms with van der Waals surface area (Å²) < 4.78 is 5.15. The molecule has 1 aromatic carbocycles. The molecule has 1 heterocycles. The summed E-state index contributed by atoms with van der Waals surface area (Å²) in [5, 5.41) is 3.34. The van der Waals surface area contributed by atoms with Crippen LogP contribution in [0.4, 0.5) is 5.69 Å². The normalized spacial score (nSPS) is 18.0. The summed E-state index contributed by atoms with van der Waals surface area (Å²) in [5.41, 5.74) is 0.947. The molecular formula is C16H24N2O2. The van der Waals surface area contributed by atoms with E-state index in [2.05, 4.69) is 5.32 Å². The predicted octanol–water partition coefficient (Wildman–Crippen LogP) is 2.44. The Labute approximate surface area is 121 Å². The third kappa shape index (κ3) is 3.73. The molecule has 1 amide bonds. The van der Waals surface area contributed by atoms with Crippen molar-refractivity contribution in [3.63, 3.8) is 0 Å². The molecule has 4 heteroatoms. The van der Waals surface area contributed by atoms with E-state index in [1.54, 1.807) is 7.11 Å². The largest absolute Gasteiger partial charge is 0.497 e. The molecule has 0 spiro atoms. The number of hydrogen-bond acceptors (Lipinski definition) is 3. The van der Waals surface area contributed by atoms with Gasteiger partial charge in [-0.15, -0.1) is 0 Å². The van der Waals surface area contributed by atoms with Gasteiger partial charge in [0.15, 0.2) is 0 Å². The molecule has 0 aromatic heterocycles. The van der Waals surface area contributed by atoms with Crippen LogP contribution in [0, 0.1) is 5.92 Å². The van der Waals surface area contributed by atoms with Gasteiger partial charge in [0, 0.05) is 18.7 Å². The number of anilines is 1. The number of carbonyl (C=O) groups excluding carboxylic acids is 1. The van der Waals surface area contributed by atoms with Crippen molar-refractivity contribution in [2.45, 2.75) is 26.2 Å². The van der Waals surface area contributed by atoms with Crippen LogP contribution in [0.15, 0.2) is 24.3 Å². The highest BCUT2D eigenvalue weighted by Crippen LogP contribution is 2.21. The minimum Gasteiger partial charge on any atom is -0.497 e. The summed E-state index contributed by atoms with van der Waals surface area (Å²) in [6, 6.07) is 7.67. The number of nitrogens with zero attached hydrogens (tertiary/aromatic N) is 1. The maximum atomic E-state index is 12.4. The van der Waals surface area contributed by atoms with Crippen LogP contribution in [0.3, 0.4) is 0 Å². The lowest BCUT2D eigenvalue weighted by molar-refractivity contribution is -0.118. The van der Waals surface area contributed by atoms with Crippen molar-refractivity contribution in [1.82, 2.24) is 5.32 Å². The molecule has 1 unspecified atom stereocenters. The van der Waals surface area contributed by atoms with Crippen molar-refractivity contribution in [3.05, 3.63) is 24.3 Å². The smallest absolute Gasteiger partial charge is 0.226 e. The van der Waals surface area contributed by atoms with Crippen LogP contribution in [0.5, 0.6) is 5.75 Å². The fourth-order valence-electron chi connectivity index (χ4n) is 2.69. The molecular weight excluding hydrogens is 252 g/mol. The van der Waals surface area contributed by atoms with Crippen LogP contribution in [0.25, 0.3) is 0 Å². The highest BCUT2D eigenvalue weighted by atomic mass is 16.5. The molecule has 0 radical (unpaired) electrons. The first kappa shape index (κ1) is 14.9. The maximum Gasteiger partial charge on any atom is 0.226 e. The lowest BCUT2D eigenvalue weighted by Crippen LogP contribution is -2.30. The number of amides is 1. The molecule has 110 valence electrons. The van der Waals surface area contributed by atoms with Gasteiger partial charge in [-0.05, 0) is 63.0 Å². The first-order valence-electron chi connectivity index (χ1n) is 7.39. The zero-order chi connectivity index (χ0) is 14.4. The molecule has 20 heavy (non-hydrogen) atoms. The van der Waals surface area contributed by atoms with E-state index in [1.165, 1.54) is 6.42 Å². The number of methoxy groups -OCH3 is 1. The number of rotatable bonds is 6. The molecule has 1 saturated heterocycles. The Balaban J connectivity index is 1.93. The van der Waals surface area contributed by atoms with Crippen LogP contribution in [-0.4, -0.2) is 32.7 Å². The van der Waals surface area contributed by atoms with E-state index in [4.69, 9.17) is 4.74 Å². The summed E-state index contributed by atoms with van der Waals surface area (Å²) in [5.74, 6) is 1.69. The van der Waals surface area contributed by atoms with E-state index in [-0.39, 0.29) is 5.91 Å². The number of nitrogens with one attached hydrogen (secondary N) is 1. The van der Waals surface area contributed by atoms with Crippen molar-refractivity contribution in [2.24, 2.45) is 5.92 Å². The fraction of sp³-hybridized carbons (Fsp3) is 0.562. The van der Waals surface area contributed by atoms with Gasteiger partial charge in [0.1, 0.15) is 5.75 Å². The van der Waals surface area contributed by atoms with Crippen molar-refractivity contribution in [2.75, 3.05) is 31.6 Å². The van der Waals surface area contributed by atoms with Gasteiger partial charge in [0.25, 0.3) is 0 Å². The van der Waals surface area contributed by atoms with Gasteiger partial charge >= 0.3 is 0 Å². The van der Waals surface area contributed by atoms with E-state index in [0.29, 0.717) is 18.9 Å². The third-order valence-corrected chi connectivity index (χ3v) is 3.93. The summed E-state index contributed by atoms with van der Waals surface area (Å²) >= 11 is 0. The molecule has 4 nitrogen and oxygen atoms in total. The SMILES string of the molecule is CCN(C(=O)CCC1CCNC1)c1ccc(OC)cc1. The van der Waals surface area contributed by atoms with Gasteiger partial charge in [-0.1, -0.05) is 0 Å². The first-order valence-corrected chi connectivity index (χ1v) is 7.39. The van der Waals surface area contributed by atoms with Gasteiger partial charge in [-0.25, -0.2) is 0 Å². The number of benzene rings is 1. The van der Waals surface area contributed by atoms with Gasteiger partial charge in [0.05, 0.1) is 7.11 Å². The molecule has 0 bridgehead atoms. The molecule has 1 aliphatic heterocycles. The van der Waals surface area contributed by atoms with Crippen molar-refractivity contribution in [3.8, 4) is 5.75 Å². The average Bonchev–Trinajstić information content (AvgIpc) is 3.00. The quantitative estimate of drug-likeness (QED) is 0.867. The molecule has 0 aliphatic carbocycles. The molecule has 1 aliphatic rings. The lowest BCUT2D eigenvalue weighted by Gasteiger charge is -2.22. The lowest BCUT2D eigenvalue weighted by atomic mass is 10.0. The molecule has 1 aromatic rings. The number of hydrogen-bond donors (Lipinski definition) is 1. The first-order chi connectivity index (χ1) is 9.74. The maximum absolute atomic E-state index is 12.4. The Bertz CT molecular complexity index is 425. The zero-order valence-corrected chi connectivity index (χ0v) is 12.4. The van der Waals surface area contributed by atoms with Gasteiger partial charge in [-0.2, -0.15) is 0 Å². The monoisotopic (exact) mass is 276 g/mol.